The van der Waals surface area contributed by atoms with Crippen LogP contribution in [0.15, 0.2) is 63.9 Å². The third-order valence-electron chi connectivity index (χ3n) is 4.30. The Morgan fingerprint density at radius 2 is 1.72 bits per heavy atom. The van der Waals surface area contributed by atoms with Gasteiger partial charge in [0.2, 0.25) is 21.8 Å². The van der Waals surface area contributed by atoms with E-state index in [2.05, 4.69) is 15.5 Å². The van der Waals surface area contributed by atoms with Gasteiger partial charge in [-0.2, -0.15) is 4.31 Å². The van der Waals surface area contributed by atoms with Crippen LogP contribution in [0, 0.1) is 0 Å². The number of aromatic nitrogens is 2. The van der Waals surface area contributed by atoms with Crippen LogP contribution in [0.2, 0.25) is 0 Å². The maximum absolute atomic E-state index is 13.1. The van der Waals surface area contributed by atoms with Gasteiger partial charge in [0, 0.05) is 24.2 Å². The largest absolute Gasteiger partial charge is 0.419 e. The van der Waals surface area contributed by atoms with Gasteiger partial charge >= 0.3 is 0 Å². The minimum Gasteiger partial charge on any atom is -0.419 e. The number of carbonyl (C=O) groups excluding carboxylic acids is 1. The fraction of sp³-hybridized carbons (Fsp3) is 0.250. The molecule has 0 atom stereocenters. The van der Waals surface area contributed by atoms with E-state index in [1.54, 1.807) is 13.8 Å². The highest BCUT2D eigenvalue weighted by Crippen LogP contribution is 2.23. The molecule has 0 unspecified atom stereocenters. The molecule has 0 saturated carbocycles. The van der Waals surface area contributed by atoms with Gasteiger partial charge in [-0.05, 0) is 50.2 Å². The predicted molar refractivity (Wildman–Crippen MR) is 107 cm³/mol. The van der Waals surface area contributed by atoms with Crippen molar-refractivity contribution in [3.8, 4) is 11.5 Å². The van der Waals surface area contributed by atoms with E-state index in [1.165, 1.54) is 35.6 Å². The fourth-order valence-electron chi connectivity index (χ4n) is 2.75. The van der Waals surface area contributed by atoms with Crippen molar-refractivity contribution in [3.05, 3.63) is 66.1 Å². The minimum atomic E-state index is -3.83. The van der Waals surface area contributed by atoms with Crippen LogP contribution in [-0.2, 0) is 16.6 Å². The van der Waals surface area contributed by atoms with Crippen LogP contribution in [0.5, 0.6) is 0 Å². The Morgan fingerprint density at radius 1 is 1.07 bits per heavy atom. The first kappa shape index (κ1) is 20.7. The van der Waals surface area contributed by atoms with Crippen molar-refractivity contribution in [1.82, 2.24) is 19.8 Å². The van der Waals surface area contributed by atoms with Gasteiger partial charge < -0.3 is 9.73 Å². The molecule has 0 spiro atoms. The van der Waals surface area contributed by atoms with Crippen LogP contribution < -0.4 is 5.32 Å². The van der Waals surface area contributed by atoms with E-state index in [0.717, 1.165) is 5.56 Å². The van der Waals surface area contributed by atoms with Crippen LogP contribution in [0.1, 0.15) is 30.1 Å². The molecule has 9 heteroatoms. The van der Waals surface area contributed by atoms with E-state index in [4.69, 9.17) is 4.42 Å². The van der Waals surface area contributed by atoms with Crippen molar-refractivity contribution >= 4 is 15.9 Å². The Balaban J connectivity index is 1.86. The topological polar surface area (TPSA) is 105 Å². The lowest BCUT2D eigenvalue weighted by atomic mass is 10.2. The fourth-order valence-corrected chi connectivity index (χ4v) is 4.34. The molecule has 0 saturated heterocycles. The Bertz CT molecular complexity index is 1080. The second-order valence-corrected chi connectivity index (χ2v) is 8.51. The molecule has 0 bridgehead atoms. The number of benzene rings is 2. The summed E-state index contributed by atoms with van der Waals surface area (Å²) in [5.74, 6) is 0.244. The van der Waals surface area contributed by atoms with Crippen molar-refractivity contribution in [2.45, 2.75) is 31.3 Å². The van der Waals surface area contributed by atoms with Gasteiger partial charge in [-0.25, -0.2) is 8.42 Å². The molecule has 1 N–H and O–H groups in total. The minimum absolute atomic E-state index is 0.0585. The first-order valence-electron chi connectivity index (χ1n) is 9.04. The van der Waals surface area contributed by atoms with Gasteiger partial charge in [0.25, 0.3) is 5.91 Å². The summed E-state index contributed by atoms with van der Waals surface area (Å²) in [6.07, 6.45) is 0. The number of carbonyl (C=O) groups is 1. The van der Waals surface area contributed by atoms with Crippen molar-refractivity contribution in [1.29, 1.82) is 0 Å². The second kappa shape index (κ2) is 8.54. The molecule has 8 nitrogen and oxygen atoms in total. The first-order valence-corrected chi connectivity index (χ1v) is 10.5. The quantitative estimate of drug-likeness (QED) is 0.637. The Hall–Kier alpha value is -3.04. The molecule has 1 heterocycles. The number of hydrogen-bond acceptors (Lipinski definition) is 6. The van der Waals surface area contributed by atoms with E-state index >= 15 is 0 Å². The van der Waals surface area contributed by atoms with Gasteiger partial charge in [0.1, 0.15) is 0 Å². The number of hydrogen-bond donors (Lipinski definition) is 1. The molecule has 0 aliphatic heterocycles. The molecule has 152 valence electrons. The van der Waals surface area contributed by atoms with Gasteiger partial charge in [-0.1, -0.05) is 18.2 Å². The van der Waals surface area contributed by atoms with E-state index in [9.17, 15) is 13.2 Å². The smallest absolute Gasteiger partial charge is 0.251 e. The molecule has 1 aromatic heterocycles. The molecule has 0 aliphatic carbocycles. The van der Waals surface area contributed by atoms with E-state index < -0.39 is 10.0 Å². The highest BCUT2D eigenvalue weighted by Gasteiger charge is 2.29. The molecule has 0 aliphatic rings. The average molecular weight is 414 g/mol. The third-order valence-corrected chi connectivity index (χ3v) is 6.34. The summed E-state index contributed by atoms with van der Waals surface area (Å²) in [7, 11) is -2.31. The summed E-state index contributed by atoms with van der Waals surface area (Å²) in [6.45, 7) is 3.48. The lowest BCUT2D eigenvalue weighted by Gasteiger charge is -2.24. The Morgan fingerprint density at radius 3 is 2.31 bits per heavy atom. The summed E-state index contributed by atoms with van der Waals surface area (Å²) >= 11 is 0. The molecule has 0 fully saturated rings. The van der Waals surface area contributed by atoms with E-state index in [-0.39, 0.29) is 29.3 Å². The zero-order valence-corrected chi connectivity index (χ0v) is 17.2. The van der Waals surface area contributed by atoms with E-state index in [0.29, 0.717) is 11.5 Å². The second-order valence-electron chi connectivity index (χ2n) is 6.61. The molecular weight excluding hydrogens is 392 g/mol. The van der Waals surface area contributed by atoms with Crippen molar-refractivity contribution in [2.75, 3.05) is 7.05 Å². The maximum atomic E-state index is 13.1. The number of rotatable bonds is 7. The summed E-state index contributed by atoms with van der Waals surface area (Å²) in [4.78, 5) is 11.8. The predicted octanol–water partition coefficient (Wildman–Crippen LogP) is 2.70. The molecular formula is C20H22N4O4S. The monoisotopic (exact) mass is 414 g/mol. The Labute approximate surface area is 169 Å². The summed E-state index contributed by atoms with van der Waals surface area (Å²) in [5.41, 5.74) is 1.14. The van der Waals surface area contributed by atoms with Crippen LogP contribution in [0.3, 0.4) is 0 Å². The SMILES string of the molecule is CNC(=O)c1ccc(S(=O)(=O)N(Cc2nnc(-c3ccccc3)o2)C(C)C)cc1. The molecule has 1 amide bonds. The number of nitrogens with zero attached hydrogens (tertiary/aromatic N) is 3. The standard InChI is InChI=1S/C20H22N4O4S/c1-14(2)24(13-18-22-23-20(28-18)16-7-5-4-6-8-16)29(26,27)17-11-9-15(10-12-17)19(25)21-3/h4-12,14H,13H2,1-3H3,(H,21,25). The Kier molecular flexibility index (Phi) is 6.09. The van der Waals surface area contributed by atoms with Gasteiger partial charge in [-0.15, -0.1) is 10.2 Å². The number of nitrogens with one attached hydrogen (secondary N) is 1. The highest BCUT2D eigenvalue weighted by atomic mass is 32.2. The highest BCUT2D eigenvalue weighted by molar-refractivity contribution is 7.89. The average Bonchev–Trinajstić information content (AvgIpc) is 3.20. The number of sulfonamides is 1. The molecule has 2 aromatic carbocycles. The normalized spacial score (nSPS) is 11.8. The molecule has 29 heavy (non-hydrogen) atoms. The van der Waals surface area contributed by atoms with Crippen molar-refractivity contribution in [3.63, 3.8) is 0 Å². The molecule has 3 rings (SSSR count). The number of amides is 1. The molecule has 3 aromatic rings. The van der Waals surface area contributed by atoms with Crippen molar-refractivity contribution in [2.24, 2.45) is 0 Å². The van der Waals surface area contributed by atoms with Crippen LogP contribution in [0.25, 0.3) is 11.5 Å². The summed E-state index contributed by atoms with van der Waals surface area (Å²) in [5, 5.41) is 10.5. The zero-order chi connectivity index (χ0) is 21.0. The summed E-state index contributed by atoms with van der Waals surface area (Å²) in [6, 6.07) is 14.7. The zero-order valence-electron chi connectivity index (χ0n) is 16.4. The van der Waals surface area contributed by atoms with Crippen LogP contribution >= 0.6 is 0 Å². The lowest BCUT2D eigenvalue weighted by Crippen LogP contribution is -2.36. The van der Waals surface area contributed by atoms with Crippen LogP contribution in [0.4, 0.5) is 0 Å². The van der Waals surface area contributed by atoms with Gasteiger partial charge in [0.15, 0.2) is 0 Å². The first-order chi connectivity index (χ1) is 13.8. The maximum Gasteiger partial charge on any atom is 0.251 e. The third kappa shape index (κ3) is 4.52. The van der Waals surface area contributed by atoms with Gasteiger partial charge in [-0.3, -0.25) is 4.79 Å². The lowest BCUT2D eigenvalue weighted by molar-refractivity contribution is 0.0963. The van der Waals surface area contributed by atoms with E-state index in [1.807, 2.05) is 30.3 Å². The van der Waals surface area contributed by atoms with Crippen LogP contribution in [-0.4, -0.2) is 41.9 Å². The molecule has 0 radical (unpaired) electrons. The van der Waals surface area contributed by atoms with Gasteiger partial charge in [0.05, 0.1) is 11.4 Å². The summed E-state index contributed by atoms with van der Waals surface area (Å²) < 4.78 is 33.2. The van der Waals surface area contributed by atoms with Crippen molar-refractivity contribution < 1.29 is 17.6 Å².